The molecule has 1 aliphatic carbocycles. The van der Waals surface area contributed by atoms with Crippen molar-refractivity contribution < 1.29 is 4.74 Å². The van der Waals surface area contributed by atoms with Gasteiger partial charge < -0.3 is 4.74 Å². The van der Waals surface area contributed by atoms with E-state index in [-0.39, 0.29) is 0 Å². The predicted molar refractivity (Wildman–Crippen MR) is 42.7 cm³/mol. The molecular weight excluding hydrogens is 124 g/mol. The van der Waals surface area contributed by atoms with E-state index in [0.717, 1.165) is 19.3 Å². The lowest BCUT2D eigenvalue weighted by molar-refractivity contribution is 0.271. The maximum atomic E-state index is 5.22. The van der Waals surface area contributed by atoms with E-state index in [0.29, 0.717) is 0 Å². The number of methoxy groups -OCH3 is 1. The van der Waals surface area contributed by atoms with Gasteiger partial charge >= 0.3 is 0 Å². The molecule has 0 unspecified atom stereocenters. The van der Waals surface area contributed by atoms with E-state index in [1.165, 1.54) is 11.3 Å². The minimum Gasteiger partial charge on any atom is -0.501 e. The smallest absolute Gasteiger partial charge is 0.0990 e. The molecule has 0 spiro atoms. The average molecular weight is 138 g/mol. The molecule has 0 aliphatic heterocycles. The summed E-state index contributed by atoms with van der Waals surface area (Å²) in [5.41, 5.74) is 1.36. The minimum atomic E-state index is 1.08. The minimum absolute atomic E-state index is 1.08. The van der Waals surface area contributed by atoms with Crippen molar-refractivity contribution in [3.8, 4) is 0 Å². The molecule has 56 valence electrons. The molecular formula is C9H14O. The fourth-order valence-electron chi connectivity index (χ4n) is 1.24. The molecule has 0 saturated carbocycles. The number of hydrogen-bond acceptors (Lipinski definition) is 1. The Bertz CT molecular complexity index is 166. The van der Waals surface area contributed by atoms with Crippen molar-refractivity contribution in [2.45, 2.75) is 26.2 Å². The highest BCUT2D eigenvalue weighted by molar-refractivity contribution is 5.25. The summed E-state index contributed by atoms with van der Waals surface area (Å²) in [7, 11) is 1.75. The molecule has 0 atom stereocenters. The third-order valence-corrected chi connectivity index (χ3v) is 1.84. The van der Waals surface area contributed by atoms with E-state index in [9.17, 15) is 0 Å². The normalized spacial score (nSPS) is 17.8. The lowest BCUT2D eigenvalue weighted by atomic mass is 10.0. The molecule has 0 bridgehead atoms. The van der Waals surface area contributed by atoms with Crippen LogP contribution in [-0.4, -0.2) is 7.11 Å². The molecule has 0 heterocycles. The molecule has 0 saturated heterocycles. The quantitative estimate of drug-likeness (QED) is 0.570. The van der Waals surface area contributed by atoms with Gasteiger partial charge in [-0.3, -0.25) is 0 Å². The monoisotopic (exact) mass is 138 g/mol. The van der Waals surface area contributed by atoms with Crippen LogP contribution in [0.3, 0.4) is 0 Å². The molecule has 0 radical (unpaired) electrons. The van der Waals surface area contributed by atoms with Crippen LogP contribution in [0.1, 0.15) is 26.2 Å². The summed E-state index contributed by atoms with van der Waals surface area (Å²) < 4.78 is 5.22. The molecule has 0 N–H and O–H groups in total. The van der Waals surface area contributed by atoms with Gasteiger partial charge in [0.15, 0.2) is 0 Å². The summed E-state index contributed by atoms with van der Waals surface area (Å²) in [5.74, 6) is 1.17. The van der Waals surface area contributed by atoms with Crippen LogP contribution in [0.2, 0.25) is 0 Å². The largest absolute Gasteiger partial charge is 0.501 e. The standard InChI is InChI=1S/C9H14O/c1-3-8-6-4-5-7-9(8)10-2/h4,6H,3,5,7H2,1-2H3. The molecule has 0 fully saturated rings. The first-order chi connectivity index (χ1) is 4.88. The van der Waals surface area contributed by atoms with E-state index in [1.54, 1.807) is 7.11 Å². The second-order valence-electron chi connectivity index (χ2n) is 2.45. The third kappa shape index (κ3) is 1.41. The summed E-state index contributed by atoms with van der Waals surface area (Å²) >= 11 is 0. The average Bonchev–Trinajstić information content (AvgIpc) is 2.04. The topological polar surface area (TPSA) is 9.23 Å². The second-order valence-corrected chi connectivity index (χ2v) is 2.45. The Balaban J connectivity index is 2.73. The predicted octanol–water partition coefficient (Wildman–Crippen LogP) is 2.65. The summed E-state index contributed by atoms with van der Waals surface area (Å²) in [4.78, 5) is 0. The van der Waals surface area contributed by atoms with Crippen molar-refractivity contribution in [3.05, 3.63) is 23.5 Å². The highest BCUT2D eigenvalue weighted by Crippen LogP contribution is 2.20. The molecule has 1 nitrogen and oxygen atoms in total. The fourth-order valence-corrected chi connectivity index (χ4v) is 1.24. The molecule has 1 aliphatic rings. The van der Waals surface area contributed by atoms with Gasteiger partial charge in [-0.1, -0.05) is 19.1 Å². The zero-order valence-electron chi connectivity index (χ0n) is 6.68. The molecule has 0 aromatic heterocycles. The van der Waals surface area contributed by atoms with Crippen LogP contribution in [0.25, 0.3) is 0 Å². The van der Waals surface area contributed by atoms with Gasteiger partial charge in [0.2, 0.25) is 0 Å². The van der Waals surface area contributed by atoms with Crippen molar-refractivity contribution in [3.63, 3.8) is 0 Å². The van der Waals surface area contributed by atoms with Crippen molar-refractivity contribution in [2.75, 3.05) is 7.11 Å². The van der Waals surface area contributed by atoms with Gasteiger partial charge in [0.1, 0.15) is 0 Å². The van der Waals surface area contributed by atoms with Gasteiger partial charge in [-0.15, -0.1) is 0 Å². The molecule has 1 rings (SSSR count). The van der Waals surface area contributed by atoms with Gasteiger partial charge in [0, 0.05) is 6.42 Å². The maximum Gasteiger partial charge on any atom is 0.0990 e. The summed E-state index contributed by atoms with van der Waals surface area (Å²) in [6.45, 7) is 2.16. The van der Waals surface area contributed by atoms with Gasteiger partial charge in [-0.05, 0) is 18.4 Å². The SMILES string of the molecule is CCC1=C(OC)CCC=C1. The Labute approximate surface area is 62.4 Å². The molecule has 0 amide bonds. The summed E-state index contributed by atoms with van der Waals surface area (Å²) in [5, 5.41) is 0. The lowest BCUT2D eigenvalue weighted by Gasteiger charge is -2.12. The maximum absolute atomic E-state index is 5.22. The van der Waals surface area contributed by atoms with Crippen LogP contribution >= 0.6 is 0 Å². The molecule has 10 heavy (non-hydrogen) atoms. The zero-order chi connectivity index (χ0) is 7.40. The lowest BCUT2D eigenvalue weighted by Crippen LogP contribution is -1.95. The van der Waals surface area contributed by atoms with Crippen LogP contribution in [0.5, 0.6) is 0 Å². The van der Waals surface area contributed by atoms with Crippen molar-refractivity contribution in [2.24, 2.45) is 0 Å². The Morgan fingerprint density at radius 1 is 1.60 bits per heavy atom. The first-order valence-electron chi connectivity index (χ1n) is 3.81. The number of ether oxygens (including phenoxy) is 1. The third-order valence-electron chi connectivity index (χ3n) is 1.84. The van der Waals surface area contributed by atoms with Crippen LogP contribution in [0.4, 0.5) is 0 Å². The zero-order valence-corrected chi connectivity index (χ0v) is 6.68. The van der Waals surface area contributed by atoms with Crippen molar-refractivity contribution in [1.29, 1.82) is 0 Å². The number of rotatable bonds is 2. The van der Waals surface area contributed by atoms with Crippen LogP contribution in [0, 0.1) is 0 Å². The van der Waals surface area contributed by atoms with E-state index < -0.39 is 0 Å². The Kier molecular flexibility index (Phi) is 2.55. The van der Waals surface area contributed by atoms with Gasteiger partial charge in [-0.25, -0.2) is 0 Å². The van der Waals surface area contributed by atoms with Gasteiger partial charge in [-0.2, -0.15) is 0 Å². The van der Waals surface area contributed by atoms with Crippen LogP contribution < -0.4 is 0 Å². The van der Waals surface area contributed by atoms with Crippen molar-refractivity contribution >= 4 is 0 Å². The first-order valence-corrected chi connectivity index (χ1v) is 3.81. The summed E-state index contributed by atoms with van der Waals surface area (Å²) in [6, 6.07) is 0. The van der Waals surface area contributed by atoms with Crippen molar-refractivity contribution in [1.82, 2.24) is 0 Å². The second kappa shape index (κ2) is 3.45. The number of allylic oxidation sites excluding steroid dienone is 4. The highest BCUT2D eigenvalue weighted by Gasteiger charge is 2.05. The van der Waals surface area contributed by atoms with Gasteiger partial charge in [0.05, 0.1) is 12.9 Å². The number of hydrogen-bond donors (Lipinski definition) is 0. The first kappa shape index (κ1) is 7.39. The van der Waals surface area contributed by atoms with Crippen LogP contribution in [-0.2, 0) is 4.74 Å². The Morgan fingerprint density at radius 3 is 2.90 bits per heavy atom. The highest BCUT2D eigenvalue weighted by atomic mass is 16.5. The van der Waals surface area contributed by atoms with E-state index >= 15 is 0 Å². The van der Waals surface area contributed by atoms with E-state index in [4.69, 9.17) is 4.74 Å². The Morgan fingerprint density at radius 2 is 2.40 bits per heavy atom. The van der Waals surface area contributed by atoms with Crippen LogP contribution in [0.15, 0.2) is 23.5 Å². The summed E-state index contributed by atoms with van der Waals surface area (Å²) in [6.07, 6.45) is 7.67. The van der Waals surface area contributed by atoms with E-state index in [1.807, 2.05) is 0 Å². The Hall–Kier alpha value is -0.720. The molecule has 0 aromatic rings. The van der Waals surface area contributed by atoms with E-state index in [2.05, 4.69) is 19.1 Å². The molecule has 0 aromatic carbocycles. The fraction of sp³-hybridized carbons (Fsp3) is 0.556. The van der Waals surface area contributed by atoms with Gasteiger partial charge in [0.25, 0.3) is 0 Å². The molecule has 1 heteroatoms.